The number of hydrogen-bond donors (Lipinski definition) is 0. The molecule has 3 aromatic rings. The second kappa shape index (κ2) is 8.15. The van der Waals surface area contributed by atoms with Crippen molar-refractivity contribution in [2.45, 2.75) is 49.6 Å². The van der Waals surface area contributed by atoms with Crippen LogP contribution in [-0.2, 0) is 17.5 Å². The lowest BCUT2D eigenvalue weighted by molar-refractivity contribution is 0.259. The van der Waals surface area contributed by atoms with Gasteiger partial charge in [0.15, 0.2) is 0 Å². The lowest BCUT2D eigenvalue weighted by Crippen LogP contribution is -2.37. The summed E-state index contributed by atoms with van der Waals surface area (Å²) < 4.78 is 15.7. The molecule has 2 nitrogen and oxygen atoms in total. The van der Waals surface area contributed by atoms with Crippen LogP contribution in [0.15, 0.2) is 77.7 Å². The Hall–Kier alpha value is -1.97. The van der Waals surface area contributed by atoms with Gasteiger partial charge in [-0.3, -0.25) is 0 Å². The number of hydrogen-bond acceptors (Lipinski definition) is 1. The summed E-state index contributed by atoms with van der Waals surface area (Å²) in [7, 11) is -1.13. The zero-order valence-electron chi connectivity index (χ0n) is 15.0. The van der Waals surface area contributed by atoms with Crippen molar-refractivity contribution in [2.75, 3.05) is 0 Å². The van der Waals surface area contributed by atoms with Gasteiger partial charge in [0.25, 0.3) is 0 Å². The average molecular weight is 364 g/mol. The molecule has 1 fully saturated rings. The third-order valence-electron chi connectivity index (χ3n) is 5.35. The summed E-state index contributed by atoms with van der Waals surface area (Å²) in [6, 6.07) is 25.2. The van der Waals surface area contributed by atoms with Gasteiger partial charge in [0.1, 0.15) is 11.0 Å². The van der Waals surface area contributed by atoms with E-state index in [2.05, 4.69) is 46.8 Å². The van der Waals surface area contributed by atoms with E-state index in [1.54, 1.807) is 0 Å². The van der Waals surface area contributed by atoms with Crippen LogP contribution in [0.3, 0.4) is 0 Å². The van der Waals surface area contributed by atoms with Gasteiger partial charge in [-0.1, -0.05) is 79.9 Å². The zero-order valence-corrected chi connectivity index (χ0v) is 15.8. The maximum absolute atomic E-state index is 13.4. The molecule has 1 atom stereocenters. The Kier molecular flexibility index (Phi) is 5.47. The van der Waals surface area contributed by atoms with E-state index in [0.29, 0.717) is 6.04 Å². The van der Waals surface area contributed by atoms with Crippen molar-refractivity contribution in [2.24, 2.45) is 0 Å². The molecule has 1 saturated carbocycles. The van der Waals surface area contributed by atoms with Crippen molar-refractivity contribution in [1.82, 2.24) is 4.31 Å². The molecule has 0 aromatic heterocycles. The van der Waals surface area contributed by atoms with E-state index in [1.165, 1.54) is 35.6 Å². The molecule has 26 heavy (non-hydrogen) atoms. The first-order valence-corrected chi connectivity index (χ1v) is 10.6. The molecule has 3 aromatic carbocycles. The fraction of sp³-hybridized carbons (Fsp3) is 0.304. The summed E-state index contributed by atoms with van der Waals surface area (Å²) in [4.78, 5) is 0.901. The zero-order chi connectivity index (χ0) is 17.8. The number of fused-ring (bicyclic) bond motifs is 1. The average Bonchev–Trinajstić information content (AvgIpc) is 2.73. The van der Waals surface area contributed by atoms with Crippen molar-refractivity contribution in [3.05, 3.63) is 78.4 Å². The van der Waals surface area contributed by atoms with Crippen LogP contribution in [-0.4, -0.2) is 14.6 Å². The third kappa shape index (κ3) is 3.74. The minimum Gasteiger partial charge on any atom is -0.237 e. The predicted octanol–water partition coefficient (Wildman–Crippen LogP) is 5.70. The Labute approximate surface area is 158 Å². The maximum atomic E-state index is 13.4. The van der Waals surface area contributed by atoms with E-state index in [9.17, 15) is 4.21 Å². The monoisotopic (exact) mass is 363 g/mol. The van der Waals surface area contributed by atoms with E-state index in [1.807, 2.05) is 30.3 Å². The van der Waals surface area contributed by atoms with Crippen molar-refractivity contribution in [3.8, 4) is 0 Å². The minimum atomic E-state index is -1.13. The molecule has 0 N–H and O–H groups in total. The standard InChI is InChI=1S/C23H25NOS/c25-26(22-15-5-2-6-16-22)24(21-13-3-1-4-14-21)18-20-12-9-11-19-10-7-8-17-23(19)20/h2,5-12,15-17,21H,1,3-4,13-14,18H2. The van der Waals surface area contributed by atoms with Crippen molar-refractivity contribution < 1.29 is 4.21 Å². The van der Waals surface area contributed by atoms with Crippen LogP contribution >= 0.6 is 0 Å². The molecule has 0 aliphatic heterocycles. The third-order valence-corrected chi connectivity index (χ3v) is 6.87. The fourth-order valence-corrected chi connectivity index (χ4v) is 5.36. The molecule has 1 aliphatic carbocycles. The highest BCUT2D eigenvalue weighted by Gasteiger charge is 2.27. The van der Waals surface area contributed by atoms with E-state index in [4.69, 9.17) is 0 Å². The van der Waals surface area contributed by atoms with Gasteiger partial charge in [-0.25, -0.2) is 8.51 Å². The summed E-state index contributed by atoms with van der Waals surface area (Å²) >= 11 is 0. The van der Waals surface area contributed by atoms with E-state index < -0.39 is 11.0 Å². The molecular weight excluding hydrogens is 338 g/mol. The first-order chi connectivity index (χ1) is 12.8. The molecular formula is C23H25NOS. The van der Waals surface area contributed by atoms with Gasteiger partial charge < -0.3 is 0 Å². The van der Waals surface area contributed by atoms with Crippen molar-refractivity contribution in [3.63, 3.8) is 0 Å². The molecule has 1 unspecified atom stereocenters. The molecule has 0 radical (unpaired) electrons. The second-order valence-corrected chi connectivity index (χ2v) is 8.51. The Balaban J connectivity index is 1.69. The van der Waals surface area contributed by atoms with Crippen molar-refractivity contribution in [1.29, 1.82) is 0 Å². The molecule has 0 heterocycles. The van der Waals surface area contributed by atoms with Crippen LogP contribution in [0.5, 0.6) is 0 Å². The first kappa shape index (κ1) is 17.4. The van der Waals surface area contributed by atoms with Gasteiger partial charge in [-0.05, 0) is 41.3 Å². The summed E-state index contributed by atoms with van der Waals surface area (Å²) in [5, 5.41) is 2.51. The summed E-state index contributed by atoms with van der Waals surface area (Å²) in [5.74, 6) is 0. The van der Waals surface area contributed by atoms with Gasteiger partial charge in [-0.2, -0.15) is 0 Å². The largest absolute Gasteiger partial charge is 0.237 e. The van der Waals surface area contributed by atoms with Gasteiger partial charge >= 0.3 is 0 Å². The maximum Gasteiger partial charge on any atom is 0.128 e. The molecule has 4 rings (SSSR count). The Morgan fingerprint density at radius 1 is 0.808 bits per heavy atom. The smallest absolute Gasteiger partial charge is 0.128 e. The highest BCUT2D eigenvalue weighted by atomic mass is 32.2. The second-order valence-electron chi connectivity index (χ2n) is 7.07. The predicted molar refractivity (Wildman–Crippen MR) is 109 cm³/mol. The Morgan fingerprint density at radius 3 is 2.31 bits per heavy atom. The van der Waals surface area contributed by atoms with Crippen LogP contribution in [0.25, 0.3) is 10.8 Å². The SMILES string of the molecule is O=S(c1ccccc1)N(Cc1cccc2ccccc12)C1CCCCC1. The fourth-order valence-electron chi connectivity index (χ4n) is 3.96. The van der Waals surface area contributed by atoms with Crippen molar-refractivity contribution >= 4 is 21.8 Å². The molecule has 1 aliphatic rings. The topological polar surface area (TPSA) is 20.3 Å². The van der Waals surface area contributed by atoms with Gasteiger partial charge in [0.05, 0.1) is 4.90 Å². The van der Waals surface area contributed by atoms with Crippen LogP contribution in [0.4, 0.5) is 0 Å². The van der Waals surface area contributed by atoms with Crippen LogP contribution in [0, 0.1) is 0 Å². The Bertz CT molecular complexity index is 882. The molecule has 3 heteroatoms. The lowest BCUT2D eigenvalue weighted by atomic mass is 9.95. The molecule has 134 valence electrons. The van der Waals surface area contributed by atoms with E-state index >= 15 is 0 Å². The summed E-state index contributed by atoms with van der Waals surface area (Å²) in [6.45, 7) is 0.730. The van der Waals surface area contributed by atoms with Crippen LogP contribution < -0.4 is 0 Å². The first-order valence-electron chi connectivity index (χ1n) is 9.53. The van der Waals surface area contributed by atoms with E-state index in [0.717, 1.165) is 24.3 Å². The molecule has 0 spiro atoms. The normalized spacial score (nSPS) is 16.8. The van der Waals surface area contributed by atoms with Gasteiger partial charge in [0, 0.05) is 12.6 Å². The Morgan fingerprint density at radius 2 is 1.50 bits per heavy atom. The lowest BCUT2D eigenvalue weighted by Gasteiger charge is -2.33. The number of nitrogens with zero attached hydrogens (tertiary/aromatic N) is 1. The van der Waals surface area contributed by atoms with Crippen LogP contribution in [0.1, 0.15) is 37.7 Å². The highest BCUT2D eigenvalue weighted by Crippen LogP contribution is 2.29. The number of rotatable bonds is 5. The highest BCUT2D eigenvalue weighted by molar-refractivity contribution is 7.82. The number of benzene rings is 3. The summed E-state index contributed by atoms with van der Waals surface area (Å²) in [6.07, 6.45) is 6.06. The quantitative estimate of drug-likeness (QED) is 0.569. The van der Waals surface area contributed by atoms with E-state index in [-0.39, 0.29) is 0 Å². The van der Waals surface area contributed by atoms with Gasteiger partial charge in [-0.15, -0.1) is 0 Å². The van der Waals surface area contributed by atoms with Gasteiger partial charge in [0.2, 0.25) is 0 Å². The molecule has 0 amide bonds. The van der Waals surface area contributed by atoms with Crippen LogP contribution in [0.2, 0.25) is 0 Å². The summed E-state index contributed by atoms with van der Waals surface area (Å²) in [5.41, 5.74) is 1.26. The minimum absolute atomic E-state index is 0.392. The molecule has 0 bridgehead atoms. The molecule has 0 saturated heterocycles.